The van der Waals surface area contributed by atoms with Gasteiger partial charge in [-0.05, 0) is 23.3 Å². The van der Waals surface area contributed by atoms with E-state index in [1.54, 1.807) is 0 Å². The first-order valence-electron chi connectivity index (χ1n) is 7.26. The van der Waals surface area contributed by atoms with Gasteiger partial charge >= 0.3 is 0 Å². The van der Waals surface area contributed by atoms with Gasteiger partial charge in [0.05, 0.1) is 6.54 Å². The van der Waals surface area contributed by atoms with Crippen LogP contribution in [0, 0.1) is 0 Å². The second-order valence-electron chi connectivity index (χ2n) is 5.52. The van der Waals surface area contributed by atoms with Crippen LogP contribution < -0.4 is 0 Å². The summed E-state index contributed by atoms with van der Waals surface area (Å²) in [6, 6.07) is 17.5. The quantitative estimate of drug-likeness (QED) is 0.781. The number of halogens is 1. The van der Waals surface area contributed by atoms with Crippen molar-refractivity contribution in [2.45, 2.75) is 25.3 Å². The van der Waals surface area contributed by atoms with Crippen LogP contribution in [0.2, 0.25) is 0 Å². The SMILES string of the molecule is O=C1CC(c2ccc(Br)cc2)CC(=O)N1Cc1ccccc1. The number of rotatable bonds is 3. The fraction of sp³-hybridized carbons (Fsp3) is 0.222. The van der Waals surface area contributed by atoms with Gasteiger partial charge in [0.1, 0.15) is 0 Å². The molecule has 3 nitrogen and oxygen atoms in total. The predicted octanol–water partition coefficient (Wildman–Crippen LogP) is 3.88. The minimum absolute atomic E-state index is 0.0138. The fourth-order valence-corrected chi connectivity index (χ4v) is 3.03. The van der Waals surface area contributed by atoms with Crippen molar-refractivity contribution < 1.29 is 9.59 Å². The van der Waals surface area contributed by atoms with E-state index in [-0.39, 0.29) is 17.7 Å². The Morgan fingerprint density at radius 2 is 1.50 bits per heavy atom. The van der Waals surface area contributed by atoms with Crippen LogP contribution in [0.15, 0.2) is 59.1 Å². The van der Waals surface area contributed by atoms with Crippen molar-refractivity contribution in [1.82, 2.24) is 4.90 Å². The van der Waals surface area contributed by atoms with Crippen LogP contribution in [-0.4, -0.2) is 16.7 Å². The summed E-state index contributed by atoms with van der Waals surface area (Å²) in [5.41, 5.74) is 2.02. The van der Waals surface area contributed by atoms with Crippen molar-refractivity contribution in [2.75, 3.05) is 0 Å². The third-order valence-electron chi connectivity index (χ3n) is 3.97. The average Bonchev–Trinajstić information content (AvgIpc) is 2.52. The summed E-state index contributed by atoms with van der Waals surface area (Å²) in [6.07, 6.45) is 0.778. The van der Waals surface area contributed by atoms with E-state index >= 15 is 0 Å². The van der Waals surface area contributed by atoms with Crippen LogP contribution in [0.3, 0.4) is 0 Å². The molecule has 22 heavy (non-hydrogen) atoms. The summed E-state index contributed by atoms with van der Waals surface area (Å²) in [5.74, 6) is -0.193. The maximum atomic E-state index is 12.4. The molecule has 1 aliphatic rings. The van der Waals surface area contributed by atoms with Crippen molar-refractivity contribution in [2.24, 2.45) is 0 Å². The number of nitrogens with zero attached hydrogens (tertiary/aromatic N) is 1. The third kappa shape index (κ3) is 3.28. The zero-order valence-electron chi connectivity index (χ0n) is 12.0. The maximum absolute atomic E-state index is 12.4. The summed E-state index contributed by atoms with van der Waals surface area (Å²) in [7, 11) is 0. The Kier molecular flexibility index (Phi) is 4.39. The van der Waals surface area contributed by atoms with Gasteiger partial charge < -0.3 is 0 Å². The molecule has 0 unspecified atom stereocenters. The number of hydrogen-bond donors (Lipinski definition) is 0. The van der Waals surface area contributed by atoms with Crippen molar-refractivity contribution in [1.29, 1.82) is 0 Å². The largest absolute Gasteiger partial charge is 0.278 e. The highest BCUT2D eigenvalue weighted by molar-refractivity contribution is 9.10. The van der Waals surface area contributed by atoms with Crippen LogP contribution in [0.25, 0.3) is 0 Å². The molecule has 0 bridgehead atoms. The zero-order chi connectivity index (χ0) is 15.5. The van der Waals surface area contributed by atoms with Crippen LogP contribution in [0.4, 0.5) is 0 Å². The second kappa shape index (κ2) is 6.44. The van der Waals surface area contributed by atoms with E-state index in [1.807, 2.05) is 54.6 Å². The van der Waals surface area contributed by atoms with Gasteiger partial charge in [-0.1, -0.05) is 58.4 Å². The first-order chi connectivity index (χ1) is 10.6. The van der Waals surface area contributed by atoms with E-state index in [9.17, 15) is 9.59 Å². The summed E-state index contributed by atoms with van der Waals surface area (Å²) in [4.78, 5) is 26.1. The molecule has 0 atom stereocenters. The molecule has 1 fully saturated rings. The van der Waals surface area contributed by atoms with Crippen LogP contribution in [-0.2, 0) is 16.1 Å². The number of piperidine rings is 1. The van der Waals surface area contributed by atoms with Gasteiger partial charge in [0.25, 0.3) is 0 Å². The molecule has 0 aromatic heterocycles. The molecule has 112 valence electrons. The molecule has 4 heteroatoms. The summed E-state index contributed by atoms with van der Waals surface area (Å²) >= 11 is 3.40. The molecule has 2 aromatic rings. The minimum atomic E-state index is -0.0898. The first kappa shape index (κ1) is 15.0. The lowest BCUT2D eigenvalue weighted by Gasteiger charge is -2.30. The van der Waals surface area contributed by atoms with E-state index in [1.165, 1.54) is 4.90 Å². The van der Waals surface area contributed by atoms with Crippen LogP contribution >= 0.6 is 15.9 Å². The van der Waals surface area contributed by atoms with Gasteiger partial charge in [0.15, 0.2) is 0 Å². The number of amides is 2. The van der Waals surface area contributed by atoms with Gasteiger partial charge in [-0.2, -0.15) is 0 Å². The Hall–Kier alpha value is -1.94. The molecular weight excluding hydrogens is 342 g/mol. The second-order valence-corrected chi connectivity index (χ2v) is 6.43. The summed E-state index contributed by atoms with van der Waals surface area (Å²) in [5, 5.41) is 0. The van der Waals surface area contributed by atoms with Gasteiger partial charge in [0.2, 0.25) is 11.8 Å². The normalized spacial score (nSPS) is 16.1. The average molecular weight is 358 g/mol. The molecule has 1 aliphatic heterocycles. The van der Waals surface area contributed by atoms with E-state index in [0.29, 0.717) is 19.4 Å². The standard InChI is InChI=1S/C18H16BrNO2/c19-16-8-6-14(7-9-16)15-10-17(21)20(18(22)11-15)12-13-4-2-1-3-5-13/h1-9,15H,10-12H2. The number of benzene rings is 2. The van der Waals surface area contributed by atoms with Crippen molar-refractivity contribution in [3.63, 3.8) is 0 Å². The Morgan fingerprint density at radius 3 is 2.09 bits per heavy atom. The number of carbonyl (C=O) groups excluding carboxylic acids is 2. The van der Waals surface area contributed by atoms with E-state index in [2.05, 4.69) is 15.9 Å². The van der Waals surface area contributed by atoms with E-state index in [4.69, 9.17) is 0 Å². The zero-order valence-corrected chi connectivity index (χ0v) is 13.6. The number of hydrogen-bond acceptors (Lipinski definition) is 2. The number of likely N-dealkylation sites (tertiary alicyclic amines) is 1. The highest BCUT2D eigenvalue weighted by atomic mass is 79.9. The molecule has 1 heterocycles. The fourth-order valence-electron chi connectivity index (χ4n) is 2.77. The monoisotopic (exact) mass is 357 g/mol. The summed E-state index contributed by atoms with van der Waals surface area (Å²) < 4.78 is 0.996. The Balaban J connectivity index is 1.73. The van der Waals surface area contributed by atoms with Gasteiger partial charge in [-0.25, -0.2) is 0 Å². The van der Waals surface area contributed by atoms with Crippen molar-refractivity contribution in [3.8, 4) is 0 Å². The molecule has 0 saturated carbocycles. The van der Waals surface area contributed by atoms with Crippen LogP contribution in [0.5, 0.6) is 0 Å². The lowest BCUT2D eigenvalue weighted by molar-refractivity contribution is -0.149. The first-order valence-corrected chi connectivity index (χ1v) is 8.05. The molecule has 0 radical (unpaired) electrons. The highest BCUT2D eigenvalue weighted by Gasteiger charge is 2.33. The number of carbonyl (C=O) groups is 2. The van der Waals surface area contributed by atoms with E-state index in [0.717, 1.165) is 15.6 Å². The maximum Gasteiger partial charge on any atom is 0.230 e. The van der Waals surface area contributed by atoms with Crippen molar-refractivity contribution >= 4 is 27.7 Å². The smallest absolute Gasteiger partial charge is 0.230 e. The highest BCUT2D eigenvalue weighted by Crippen LogP contribution is 2.31. The summed E-state index contributed by atoms with van der Waals surface area (Å²) in [6.45, 7) is 0.367. The lowest BCUT2D eigenvalue weighted by Crippen LogP contribution is -2.42. The molecule has 0 spiro atoms. The third-order valence-corrected chi connectivity index (χ3v) is 4.50. The lowest BCUT2D eigenvalue weighted by atomic mass is 9.88. The number of imide groups is 1. The van der Waals surface area contributed by atoms with Gasteiger partial charge in [-0.15, -0.1) is 0 Å². The Labute approximate surface area is 138 Å². The van der Waals surface area contributed by atoms with Gasteiger partial charge in [-0.3, -0.25) is 14.5 Å². The molecule has 1 saturated heterocycles. The van der Waals surface area contributed by atoms with Gasteiger partial charge in [0, 0.05) is 23.2 Å². The molecule has 0 aliphatic carbocycles. The topological polar surface area (TPSA) is 37.4 Å². The van der Waals surface area contributed by atoms with Crippen LogP contribution in [0.1, 0.15) is 29.9 Å². The Bertz CT molecular complexity index is 664. The molecule has 2 aromatic carbocycles. The molecule has 3 rings (SSSR count). The van der Waals surface area contributed by atoms with E-state index < -0.39 is 0 Å². The molecule has 2 amide bonds. The van der Waals surface area contributed by atoms with Crippen molar-refractivity contribution in [3.05, 3.63) is 70.2 Å². The predicted molar refractivity (Wildman–Crippen MR) is 88.1 cm³/mol. The molecule has 0 N–H and O–H groups in total. The molecular formula is C18H16BrNO2. The Morgan fingerprint density at radius 1 is 0.909 bits per heavy atom. The minimum Gasteiger partial charge on any atom is -0.278 e.